The maximum atomic E-state index is 12.8. The number of aryl methyl sites for hydroxylation is 1. The summed E-state index contributed by atoms with van der Waals surface area (Å²) < 4.78 is 12.8. The molecule has 2 aromatic rings. The number of hydrogen-bond acceptors (Lipinski definition) is 5. The minimum atomic E-state index is -0.706. The van der Waals surface area contributed by atoms with Crippen LogP contribution in [0.15, 0.2) is 39.0 Å². The minimum absolute atomic E-state index is 0.0255. The fraction of sp³-hybridized carbons (Fsp3) is 0.214. The number of aromatic amines is 2. The average molecular weight is 319 g/mol. The average Bonchev–Trinajstić information content (AvgIpc) is 2.52. The standard InChI is InChI=1S/C14H14FN5O3/c1-8(9-2-4-10(15)5-3-9)17-19-12(21)7-6-11-13(22)16-14(23)20-18-11/h2-5H,6-7H2,1H3,(H,19,21)(H2,16,20,22,23). The van der Waals surface area contributed by atoms with Crippen LogP contribution in [0.4, 0.5) is 4.39 Å². The van der Waals surface area contributed by atoms with Crippen molar-refractivity contribution in [3.05, 3.63) is 62.2 Å². The molecule has 1 amide bonds. The molecule has 1 aromatic heterocycles. The van der Waals surface area contributed by atoms with E-state index < -0.39 is 17.2 Å². The normalized spacial score (nSPS) is 11.3. The van der Waals surface area contributed by atoms with Crippen LogP contribution in [0.1, 0.15) is 24.6 Å². The molecule has 0 aliphatic rings. The maximum Gasteiger partial charge on any atom is 0.342 e. The third-order valence-electron chi connectivity index (χ3n) is 2.98. The number of hydrazone groups is 1. The van der Waals surface area contributed by atoms with E-state index in [0.717, 1.165) is 0 Å². The van der Waals surface area contributed by atoms with Gasteiger partial charge in [-0.3, -0.25) is 14.6 Å². The van der Waals surface area contributed by atoms with Crippen molar-refractivity contribution in [2.24, 2.45) is 5.10 Å². The molecule has 0 unspecified atom stereocenters. The summed E-state index contributed by atoms with van der Waals surface area (Å²) >= 11 is 0. The highest BCUT2D eigenvalue weighted by Crippen LogP contribution is 2.03. The molecule has 1 heterocycles. The summed E-state index contributed by atoms with van der Waals surface area (Å²) in [4.78, 5) is 35.9. The minimum Gasteiger partial charge on any atom is -0.273 e. The van der Waals surface area contributed by atoms with Crippen molar-refractivity contribution in [2.45, 2.75) is 19.8 Å². The van der Waals surface area contributed by atoms with Crippen molar-refractivity contribution in [3.63, 3.8) is 0 Å². The number of amides is 1. The molecular weight excluding hydrogens is 305 g/mol. The van der Waals surface area contributed by atoms with Crippen LogP contribution >= 0.6 is 0 Å². The maximum absolute atomic E-state index is 12.8. The summed E-state index contributed by atoms with van der Waals surface area (Å²) in [7, 11) is 0. The summed E-state index contributed by atoms with van der Waals surface area (Å²) in [6.07, 6.45) is 0.0331. The Bertz CT molecular complexity index is 838. The molecule has 0 fully saturated rings. The van der Waals surface area contributed by atoms with Crippen molar-refractivity contribution in [3.8, 4) is 0 Å². The molecule has 0 bridgehead atoms. The Labute approximate surface area is 129 Å². The van der Waals surface area contributed by atoms with Crippen LogP contribution in [0.3, 0.4) is 0 Å². The Balaban J connectivity index is 1.91. The second-order valence-corrected chi connectivity index (χ2v) is 4.69. The number of rotatable bonds is 5. The van der Waals surface area contributed by atoms with Gasteiger partial charge in [0.2, 0.25) is 5.91 Å². The van der Waals surface area contributed by atoms with E-state index in [4.69, 9.17) is 0 Å². The fourth-order valence-electron chi connectivity index (χ4n) is 1.73. The molecule has 8 nitrogen and oxygen atoms in total. The smallest absolute Gasteiger partial charge is 0.273 e. The highest BCUT2D eigenvalue weighted by atomic mass is 19.1. The van der Waals surface area contributed by atoms with Crippen molar-refractivity contribution < 1.29 is 9.18 Å². The molecule has 1 aromatic carbocycles. The lowest BCUT2D eigenvalue weighted by molar-refractivity contribution is -0.121. The molecule has 2 rings (SSSR count). The summed E-state index contributed by atoms with van der Waals surface area (Å²) in [6.45, 7) is 1.67. The van der Waals surface area contributed by atoms with Gasteiger partial charge in [0, 0.05) is 12.8 Å². The molecule has 120 valence electrons. The van der Waals surface area contributed by atoms with Gasteiger partial charge >= 0.3 is 5.69 Å². The lowest BCUT2D eigenvalue weighted by Gasteiger charge is -2.03. The van der Waals surface area contributed by atoms with E-state index >= 15 is 0 Å². The Morgan fingerprint density at radius 3 is 2.65 bits per heavy atom. The van der Waals surface area contributed by atoms with Crippen LogP contribution in [0.25, 0.3) is 0 Å². The zero-order valence-electron chi connectivity index (χ0n) is 12.2. The Morgan fingerprint density at radius 1 is 1.30 bits per heavy atom. The number of carbonyl (C=O) groups is 1. The van der Waals surface area contributed by atoms with Crippen LogP contribution in [-0.2, 0) is 11.2 Å². The van der Waals surface area contributed by atoms with Crippen LogP contribution in [0.2, 0.25) is 0 Å². The van der Waals surface area contributed by atoms with Crippen molar-refractivity contribution in [1.29, 1.82) is 0 Å². The summed E-state index contributed by atoms with van der Waals surface area (Å²) in [5, 5.41) is 9.56. The Hall–Kier alpha value is -3.10. The van der Waals surface area contributed by atoms with Gasteiger partial charge in [-0.2, -0.15) is 10.2 Å². The molecule has 0 radical (unpaired) electrons. The van der Waals surface area contributed by atoms with Gasteiger partial charge in [-0.15, -0.1) is 0 Å². The first kappa shape index (κ1) is 16.3. The first-order valence-corrected chi connectivity index (χ1v) is 6.72. The van der Waals surface area contributed by atoms with Gasteiger partial charge in [0.15, 0.2) is 0 Å². The number of benzene rings is 1. The van der Waals surface area contributed by atoms with Gasteiger partial charge in [0.25, 0.3) is 5.56 Å². The van der Waals surface area contributed by atoms with Gasteiger partial charge in [0.05, 0.1) is 5.71 Å². The predicted octanol–water partition coefficient (Wildman–Crippen LogP) is 0.0703. The molecule has 3 N–H and O–H groups in total. The van der Waals surface area contributed by atoms with Gasteiger partial charge in [0.1, 0.15) is 11.5 Å². The number of halogens is 1. The predicted molar refractivity (Wildman–Crippen MR) is 80.6 cm³/mol. The van der Waals surface area contributed by atoms with Gasteiger partial charge in [-0.25, -0.2) is 19.7 Å². The molecule has 0 saturated heterocycles. The lowest BCUT2D eigenvalue weighted by atomic mass is 10.1. The van der Waals surface area contributed by atoms with Crippen LogP contribution < -0.4 is 16.7 Å². The first-order valence-electron chi connectivity index (χ1n) is 6.72. The monoisotopic (exact) mass is 319 g/mol. The summed E-state index contributed by atoms with van der Waals surface area (Å²) in [5.74, 6) is -0.775. The quantitative estimate of drug-likeness (QED) is 0.533. The Morgan fingerprint density at radius 2 is 2.00 bits per heavy atom. The van der Waals surface area contributed by atoms with Crippen LogP contribution in [-0.4, -0.2) is 26.8 Å². The van der Waals surface area contributed by atoms with E-state index in [0.29, 0.717) is 11.3 Å². The number of nitrogens with one attached hydrogen (secondary N) is 3. The number of carbonyl (C=O) groups excluding carboxylic acids is 1. The number of nitrogens with zero attached hydrogens (tertiary/aromatic N) is 2. The van der Waals surface area contributed by atoms with Crippen LogP contribution in [0.5, 0.6) is 0 Å². The van der Waals surface area contributed by atoms with Crippen molar-refractivity contribution in [1.82, 2.24) is 20.6 Å². The number of aromatic nitrogens is 3. The fourth-order valence-corrected chi connectivity index (χ4v) is 1.73. The molecular formula is C14H14FN5O3. The highest BCUT2D eigenvalue weighted by molar-refractivity contribution is 5.99. The van der Waals surface area contributed by atoms with Crippen LogP contribution in [0, 0.1) is 5.82 Å². The number of hydrogen-bond donors (Lipinski definition) is 3. The first-order chi connectivity index (χ1) is 11.0. The number of H-pyrrole nitrogens is 2. The van der Waals surface area contributed by atoms with E-state index in [2.05, 4.69) is 20.7 Å². The molecule has 0 aliphatic heterocycles. The largest absolute Gasteiger partial charge is 0.342 e. The molecule has 0 saturated carbocycles. The van der Waals surface area contributed by atoms with Crippen molar-refractivity contribution >= 4 is 11.6 Å². The second-order valence-electron chi connectivity index (χ2n) is 4.69. The summed E-state index contributed by atoms with van der Waals surface area (Å²) in [6, 6.07) is 5.68. The van der Waals surface area contributed by atoms with Gasteiger partial charge in [-0.05, 0) is 24.6 Å². The lowest BCUT2D eigenvalue weighted by Crippen LogP contribution is -2.28. The van der Waals surface area contributed by atoms with Gasteiger partial charge < -0.3 is 0 Å². The summed E-state index contributed by atoms with van der Waals surface area (Å²) in [5.41, 5.74) is 2.24. The SMILES string of the molecule is CC(=NNC(=O)CCc1n[nH]c(=O)[nH]c1=O)c1ccc(F)cc1. The second kappa shape index (κ2) is 7.25. The molecule has 0 atom stereocenters. The zero-order valence-corrected chi connectivity index (χ0v) is 12.2. The topological polar surface area (TPSA) is 120 Å². The third kappa shape index (κ3) is 4.70. The van der Waals surface area contributed by atoms with E-state index in [-0.39, 0.29) is 24.4 Å². The van der Waals surface area contributed by atoms with Crippen molar-refractivity contribution in [2.75, 3.05) is 0 Å². The molecule has 0 spiro atoms. The van der Waals surface area contributed by atoms with E-state index in [1.54, 1.807) is 19.1 Å². The van der Waals surface area contributed by atoms with Gasteiger partial charge in [-0.1, -0.05) is 12.1 Å². The molecule has 9 heteroatoms. The highest BCUT2D eigenvalue weighted by Gasteiger charge is 2.07. The van der Waals surface area contributed by atoms with E-state index in [9.17, 15) is 18.8 Å². The van der Waals surface area contributed by atoms with E-state index in [1.807, 2.05) is 4.98 Å². The Kier molecular flexibility index (Phi) is 5.13. The zero-order chi connectivity index (χ0) is 16.8. The van der Waals surface area contributed by atoms with E-state index in [1.165, 1.54) is 12.1 Å². The molecule has 23 heavy (non-hydrogen) atoms. The third-order valence-corrected chi connectivity index (χ3v) is 2.98. The molecule has 0 aliphatic carbocycles.